The molecule has 1 fully saturated rings. The van der Waals surface area contributed by atoms with E-state index in [1.54, 1.807) is 7.11 Å². The van der Waals surface area contributed by atoms with Gasteiger partial charge in [0.05, 0.1) is 7.11 Å². The normalized spacial score (nSPS) is 15.0. The largest absolute Gasteiger partial charge is 0.497 e. The number of fused-ring (bicyclic) bond motifs is 1. The lowest BCUT2D eigenvalue weighted by Gasteiger charge is -2.31. The number of aromatic nitrogens is 1. The van der Waals surface area contributed by atoms with Crippen LogP contribution in [0, 0.1) is 12.8 Å². The molecule has 0 aliphatic carbocycles. The van der Waals surface area contributed by atoms with E-state index in [9.17, 15) is 9.59 Å². The lowest BCUT2D eigenvalue weighted by molar-refractivity contribution is 0.0646. The average Bonchev–Trinajstić information content (AvgIpc) is 3.16. The van der Waals surface area contributed by atoms with E-state index in [-0.39, 0.29) is 17.6 Å². The molecule has 3 aromatic rings. The Bertz CT molecular complexity index is 1010. The van der Waals surface area contributed by atoms with E-state index in [0.717, 1.165) is 22.2 Å². The molecular formula is C23H24N2O3. The monoisotopic (exact) mass is 376 g/mol. The first-order valence-corrected chi connectivity index (χ1v) is 9.62. The standard InChI is InChI=1S/C23H24N2O3/c1-15-3-4-18-14-21(24-20(18)13-15)23(27)25-11-9-17(10-12-25)22(26)16-5-7-19(28-2)8-6-16/h3-8,13-14,17,24H,9-12H2,1-2H3. The van der Waals surface area contributed by atoms with Crippen LogP contribution in [0.2, 0.25) is 0 Å². The number of hydrogen-bond donors (Lipinski definition) is 1. The molecule has 1 aliphatic rings. The number of nitrogens with one attached hydrogen (secondary N) is 1. The Morgan fingerprint density at radius 1 is 1.04 bits per heavy atom. The molecule has 2 aromatic carbocycles. The average molecular weight is 376 g/mol. The number of ketones is 1. The third kappa shape index (κ3) is 3.52. The molecule has 1 aliphatic heterocycles. The molecule has 0 unspecified atom stereocenters. The summed E-state index contributed by atoms with van der Waals surface area (Å²) in [6, 6.07) is 15.3. The van der Waals surface area contributed by atoms with Gasteiger partial charge in [0.1, 0.15) is 11.4 Å². The Hall–Kier alpha value is -3.08. The summed E-state index contributed by atoms with van der Waals surface area (Å²) in [5, 5.41) is 1.04. The first-order valence-electron chi connectivity index (χ1n) is 9.62. The van der Waals surface area contributed by atoms with Crippen molar-refractivity contribution in [1.82, 2.24) is 9.88 Å². The van der Waals surface area contributed by atoms with Gasteiger partial charge < -0.3 is 14.6 Å². The summed E-state index contributed by atoms with van der Waals surface area (Å²) in [6.45, 7) is 3.23. The van der Waals surface area contributed by atoms with E-state index in [1.807, 2.05) is 60.4 Å². The van der Waals surface area contributed by atoms with Gasteiger partial charge in [0.2, 0.25) is 0 Å². The first-order chi connectivity index (χ1) is 13.5. The highest BCUT2D eigenvalue weighted by Crippen LogP contribution is 2.25. The molecule has 144 valence electrons. The van der Waals surface area contributed by atoms with E-state index in [4.69, 9.17) is 4.74 Å². The fraction of sp³-hybridized carbons (Fsp3) is 0.304. The third-order valence-electron chi connectivity index (χ3n) is 5.54. The number of nitrogens with zero attached hydrogens (tertiary/aromatic N) is 1. The van der Waals surface area contributed by atoms with Gasteiger partial charge in [-0.15, -0.1) is 0 Å². The number of piperidine rings is 1. The number of ether oxygens (including phenoxy) is 1. The minimum absolute atomic E-state index is 0.00389. The predicted molar refractivity (Wildman–Crippen MR) is 109 cm³/mol. The maximum absolute atomic E-state index is 12.9. The Morgan fingerprint density at radius 3 is 2.43 bits per heavy atom. The van der Waals surface area contributed by atoms with Crippen LogP contribution in [0.5, 0.6) is 5.75 Å². The Balaban J connectivity index is 1.41. The van der Waals surface area contributed by atoms with Crippen molar-refractivity contribution in [2.24, 2.45) is 5.92 Å². The predicted octanol–water partition coefficient (Wildman–Crippen LogP) is 4.22. The van der Waals surface area contributed by atoms with Crippen LogP contribution < -0.4 is 4.74 Å². The van der Waals surface area contributed by atoms with Crippen LogP contribution in [0.4, 0.5) is 0 Å². The van der Waals surface area contributed by atoms with Gasteiger partial charge in [-0.3, -0.25) is 9.59 Å². The number of aryl methyl sites for hydroxylation is 1. The Morgan fingerprint density at radius 2 is 1.75 bits per heavy atom. The van der Waals surface area contributed by atoms with Gasteiger partial charge in [-0.25, -0.2) is 0 Å². The minimum Gasteiger partial charge on any atom is -0.497 e. The summed E-state index contributed by atoms with van der Waals surface area (Å²) in [7, 11) is 1.61. The zero-order chi connectivity index (χ0) is 19.7. The molecule has 0 bridgehead atoms. The van der Waals surface area contributed by atoms with Crippen molar-refractivity contribution in [2.75, 3.05) is 20.2 Å². The highest BCUT2D eigenvalue weighted by Gasteiger charge is 2.29. The number of Topliss-reactive ketones (excluding diaryl/α,β-unsaturated/α-hetero) is 1. The number of aromatic amines is 1. The highest BCUT2D eigenvalue weighted by atomic mass is 16.5. The van der Waals surface area contributed by atoms with Crippen LogP contribution in [0.25, 0.3) is 10.9 Å². The quantitative estimate of drug-likeness (QED) is 0.694. The molecule has 0 spiro atoms. The zero-order valence-corrected chi connectivity index (χ0v) is 16.2. The van der Waals surface area contributed by atoms with Gasteiger partial charge in [0, 0.05) is 35.5 Å². The van der Waals surface area contributed by atoms with Gasteiger partial charge in [-0.05, 0) is 61.7 Å². The second-order valence-corrected chi connectivity index (χ2v) is 7.43. The molecule has 0 atom stereocenters. The van der Waals surface area contributed by atoms with E-state index in [0.29, 0.717) is 37.2 Å². The van der Waals surface area contributed by atoms with Crippen LogP contribution in [0.15, 0.2) is 48.5 Å². The summed E-state index contributed by atoms with van der Waals surface area (Å²) < 4.78 is 5.15. The molecule has 4 rings (SSSR count). The number of benzene rings is 2. The van der Waals surface area contributed by atoms with Crippen molar-refractivity contribution >= 4 is 22.6 Å². The number of rotatable bonds is 4. The second kappa shape index (κ2) is 7.50. The number of amides is 1. The lowest BCUT2D eigenvalue weighted by Crippen LogP contribution is -2.40. The highest BCUT2D eigenvalue weighted by molar-refractivity contribution is 5.99. The molecule has 1 N–H and O–H groups in total. The Labute approximate surface area is 164 Å². The molecule has 1 amide bonds. The Kier molecular flexibility index (Phi) is 4.90. The van der Waals surface area contributed by atoms with Gasteiger partial charge in [0.15, 0.2) is 5.78 Å². The molecule has 5 heteroatoms. The molecular weight excluding hydrogens is 352 g/mol. The molecule has 1 saturated heterocycles. The fourth-order valence-electron chi connectivity index (χ4n) is 3.86. The van der Waals surface area contributed by atoms with Gasteiger partial charge >= 0.3 is 0 Å². The SMILES string of the molecule is COc1ccc(C(=O)C2CCN(C(=O)c3cc4ccc(C)cc4[nH]3)CC2)cc1. The van der Waals surface area contributed by atoms with Crippen molar-refractivity contribution in [3.05, 3.63) is 65.4 Å². The number of likely N-dealkylation sites (tertiary alicyclic amines) is 1. The maximum atomic E-state index is 12.9. The van der Waals surface area contributed by atoms with E-state index in [2.05, 4.69) is 4.98 Å². The topological polar surface area (TPSA) is 62.4 Å². The summed E-state index contributed by atoms with van der Waals surface area (Å²) in [5.41, 5.74) is 3.45. The molecule has 0 saturated carbocycles. The van der Waals surface area contributed by atoms with Gasteiger partial charge in [0.25, 0.3) is 5.91 Å². The lowest BCUT2D eigenvalue weighted by atomic mass is 9.89. The smallest absolute Gasteiger partial charge is 0.270 e. The van der Waals surface area contributed by atoms with Crippen molar-refractivity contribution in [3.8, 4) is 5.75 Å². The molecule has 2 heterocycles. The van der Waals surface area contributed by atoms with Crippen LogP contribution in [-0.4, -0.2) is 41.8 Å². The van der Waals surface area contributed by atoms with E-state index >= 15 is 0 Å². The van der Waals surface area contributed by atoms with Crippen LogP contribution in [0.1, 0.15) is 39.3 Å². The minimum atomic E-state index is -0.0391. The summed E-state index contributed by atoms with van der Waals surface area (Å²) in [5.74, 6) is 0.855. The second-order valence-electron chi connectivity index (χ2n) is 7.43. The van der Waals surface area contributed by atoms with Crippen molar-refractivity contribution in [1.29, 1.82) is 0 Å². The van der Waals surface area contributed by atoms with E-state index in [1.165, 1.54) is 0 Å². The van der Waals surface area contributed by atoms with Crippen LogP contribution in [0.3, 0.4) is 0 Å². The maximum Gasteiger partial charge on any atom is 0.270 e. The third-order valence-corrected chi connectivity index (χ3v) is 5.54. The molecule has 1 aromatic heterocycles. The van der Waals surface area contributed by atoms with Gasteiger partial charge in [-0.2, -0.15) is 0 Å². The first kappa shape index (κ1) is 18.3. The number of carbonyl (C=O) groups excluding carboxylic acids is 2. The summed E-state index contributed by atoms with van der Waals surface area (Å²) >= 11 is 0. The van der Waals surface area contributed by atoms with Crippen molar-refractivity contribution < 1.29 is 14.3 Å². The number of hydrogen-bond acceptors (Lipinski definition) is 3. The molecule has 5 nitrogen and oxygen atoms in total. The van der Waals surface area contributed by atoms with Crippen molar-refractivity contribution in [2.45, 2.75) is 19.8 Å². The zero-order valence-electron chi connectivity index (χ0n) is 16.2. The fourth-order valence-corrected chi connectivity index (χ4v) is 3.86. The number of methoxy groups -OCH3 is 1. The molecule has 0 radical (unpaired) electrons. The van der Waals surface area contributed by atoms with Crippen LogP contribution >= 0.6 is 0 Å². The number of H-pyrrole nitrogens is 1. The summed E-state index contributed by atoms with van der Waals surface area (Å²) in [6.07, 6.45) is 1.38. The van der Waals surface area contributed by atoms with Gasteiger partial charge in [-0.1, -0.05) is 12.1 Å². The molecule has 28 heavy (non-hydrogen) atoms. The number of carbonyl (C=O) groups is 2. The summed E-state index contributed by atoms with van der Waals surface area (Å²) in [4.78, 5) is 30.7. The van der Waals surface area contributed by atoms with Crippen LogP contribution in [-0.2, 0) is 0 Å². The van der Waals surface area contributed by atoms with E-state index < -0.39 is 0 Å². The van der Waals surface area contributed by atoms with Crippen molar-refractivity contribution in [3.63, 3.8) is 0 Å².